The van der Waals surface area contributed by atoms with Crippen LogP contribution in [0.3, 0.4) is 0 Å². The summed E-state index contributed by atoms with van der Waals surface area (Å²) in [5.41, 5.74) is 4.61. The summed E-state index contributed by atoms with van der Waals surface area (Å²) in [4.78, 5) is 17.3. The first kappa shape index (κ1) is 19.5. The Morgan fingerprint density at radius 3 is 2.60 bits per heavy atom. The molecule has 2 aromatic heterocycles. The molecule has 0 unspecified atom stereocenters. The molecule has 0 atom stereocenters. The number of benzene rings is 2. The summed E-state index contributed by atoms with van der Waals surface area (Å²) in [5.74, 6) is -0.694. The van der Waals surface area contributed by atoms with Gasteiger partial charge in [0, 0.05) is 11.8 Å². The van der Waals surface area contributed by atoms with Crippen LogP contribution in [-0.4, -0.2) is 20.7 Å². The topological polar surface area (TPSA) is 59.8 Å². The van der Waals surface area contributed by atoms with Crippen LogP contribution in [0.1, 0.15) is 27.3 Å². The van der Waals surface area contributed by atoms with Gasteiger partial charge in [0.2, 0.25) is 0 Å². The van der Waals surface area contributed by atoms with Crippen LogP contribution < -0.4 is 5.32 Å². The zero-order chi connectivity index (χ0) is 21.1. The van der Waals surface area contributed by atoms with Gasteiger partial charge in [0.1, 0.15) is 11.5 Å². The van der Waals surface area contributed by atoms with Crippen LogP contribution in [0, 0.1) is 19.7 Å². The van der Waals surface area contributed by atoms with Crippen LogP contribution in [0.4, 0.5) is 4.39 Å². The number of nitrogens with zero attached hydrogens (tertiary/aromatic N) is 3. The highest BCUT2D eigenvalue weighted by Crippen LogP contribution is 2.26. The van der Waals surface area contributed by atoms with E-state index in [9.17, 15) is 9.18 Å². The summed E-state index contributed by atoms with van der Waals surface area (Å²) in [6, 6.07) is 19.5. The number of hydrogen-bond donors (Lipinski definition) is 1. The summed E-state index contributed by atoms with van der Waals surface area (Å²) < 4.78 is 16.0. The molecule has 0 aliphatic rings. The van der Waals surface area contributed by atoms with Crippen molar-refractivity contribution >= 4 is 5.91 Å². The molecule has 2 aromatic carbocycles. The molecular formula is C24H21FN4O. The Morgan fingerprint density at radius 1 is 1.03 bits per heavy atom. The van der Waals surface area contributed by atoms with E-state index < -0.39 is 0 Å². The summed E-state index contributed by atoms with van der Waals surface area (Å²) >= 11 is 0. The summed E-state index contributed by atoms with van der Waals surface area (Å²) in [6.07, 6.45) is 1.68. The smallest absolute Gasteiger partial charge is 0.270 e. The van der Waals surface area contributed by atoms with Gasteiger partial charge in [-0.25, -0.2) is 9.07 Å². The zero-order valence-electron chi connectivity index (χ0n) is 16.8. The summed E-state index contributed by atoms with van der Waals surface area (Å²) in [6.45, 7) is 4.21. The third-order valence-corrected chi connectivity index (χ3v) is 4.84. The third kappa shape index (κ3) is 3.98. The number of carbonyl (C=O) groups excluding carboxylic acids is 1. The van der Waals surface area contributed by atoms with Gasteiger partial charge in [0.25, 0.3) is 5.91 Å². The summed E-state index contributed by atoms with van der Waals surface area (Å²) in [7, 11) is 0. The van der Waals surface area contributed by atoms with Gasteiger partial charge < -0.3 is 5.32 Å². The fourth-order valence-corrected chi connectivity index (χ4v) is 3.24. The Hall–Kier alpha value is -3.80. The SMILES string of the molecule is Cc1ccc(C)c(-n2nc(-c3ccccc3F)cc2C(=O)NCc2ccccn2)c1. The second kappa shape index (κ2) is 8.29. The number of halogens is 1. The van der Waals surface area contributed by atoms with E-state index in [1.807, 2.05) is 50.2 Å². The first-order chi connectivity index (χ1) is 14.5. The van der Waals surface area contributed by atoms with E-state index in [2.05, 4.69) is 15.4 Å². The molecule has 0 spiro atoms. The van der Waals surface area contributed by atoms with Crippen molar-refractivity contribution in [3.63, 3.8) is 0 Å². The normalized spacial score (nSPS) is 10.8. The first-order valence-corrected chi connectivity index (χ1v) is 9.63. The molecule has 1 amide bonds. The van der Waals surface area contributed by atoms with E-state index in [0.29, 0.717) is 17.0 Å². The molecule has 0 radical (unpaired) electrons. The lowest BCUT2D eigenvalue weighted by Gasteiger charge is -2.11. The minimum Gasteiger partial charge on any atom is -0.345 e. The molecule has 4 aromatic rings. The number of rotatable bonds is 5. The first-order valence-electron chi connectivity index (χ1n) is 9.63. The van der Waals surface area contributed by atoms with Crippen molar-refractivity contribution in [2.45, 2.75) is 20.4 Å². The molecule has 4 rings (SSSR count). The molecule has 150 valence electrons. The van der Waals surface area contributed by atoms with E-state index >= 15 is 0 Å². The average molecular weight is 400 g/mol. The van der Waals surface area contributed by atoms with Crippen molar-refractivity contribution in [2.24, 2.45) is 0 Å². The minimum atomic E-state index is -0.386. The Balaban J connectivity index is 1.76. The van der Waals surface area contributed by atoms with Gasteiger partial charge in [-0.2, -0.15) is 5.10 Å². The highest BCUT2D eigenvalue weighted by atomic mass is 19.1. The van der Waals surface area contributed by atoms with Gasteiger partial charge in [0.15, 0.2) is 0 Å². The molecule has 0 saturated carbocycles. The van der Waals surface area contributed by atoms with Gasteiger partial charge in [-0.3, -0.25) is 9.78 Å². The number of amides is 1. The fourth-order valence-electron chi connectivity index (χ4n) is 3.24. The van der Waals surface area contributed by atoms with E-state index in [1.54, 1.807) is 35.1 Å². The zero-order valence-corrected chi connectivity index (χ0v) is 16.8. The number of aryl methyl sites for hydroxylation is 2. The molecular weight excluding hydrogens is 379 g/mol. The minimum absolute atomic E-state index is 0.284. The number of hydrogen-bond acceptors (Lipinski definition) is 3. The molecule has 0 saturated heterocycles. The summed E-state index contributed by atoms with van der Waals surface area (Å²) in [5, 5.41) is 7.47. The van der Waals surface area contributed by atoms with Crippen molar-refractivity contribution in [1.29, 1.82) is 0 Å². The molecule has 30 heavy (non-hydrogen) atoms. The van der Waals surface area contributed by atoms with E-state index in [1.165, 1.54) is 6.07 Å². The second-order valence-corrected chi connectivity index (χ2v) is 7.10. The lowest BCUT2D eigenvalue weighted by atomic mass is 10.1. The maximum absolute atomic E-state index is 14.4. The highest BCUT2D eigenvalue weighted by molar-refractivity contribution is 5.94. The van der Waals surface area contributed by atoms with Gasteiger partial charge in [-0.15, -0.1) is 0 Å². The molecule has 0 fully saturated rings. The molecule has 0 aliphatic heterocycles. The van der Waals surface area contributed by atoms with E-state index in [4.69, 9.17) is 0 Å². The van der Waals surface area contributed by atoms with Crippen molar-refractivity contribution < 1.29 is 9.18 Å². The van der Waals surface area contributed by atoms with Crippen molar-refractivity contribution in [2.75, 3.05) is 0 Å². The quantitative estimate of drug-likeness (QED) is 0.532. The van der Waals surface area contributed by atoms with Crippen molar-refractivity contribution in [3.05, 3.63) is 101 Å². The highest BCUT2D eigenvalue weighted by Gasteiger charge is 2.20. The fraction of sp³-hybridized carbons (Fsp3) is 0.125. The number of aromatic nitrogens is 3. The monoisotopic (exact) mass is 400 g/mol. The Morgan fingerprint density at radius 2 is 1.83 bits per heavy atom. The average Bonchev–Trinajstić information content (AvgIpc) is 3.20. The largest absolute Gasteiger partial charge is 0.345 e. The van der Waals surface area contributed by atoms with Crippen LogP contribution in [0.5, 0.6) is 0 Å². The Bertz CT molecular complexity index is 1200. The van der Waals surface area contributed by atoms with Gasteiger partial charge in [-0.05, 0) is 61.4 Å². The maximum Gasteiger partial charge on any atom is 0.270 e. The Labute approximate surface area is 174 Å². The van der Waals surface area contributed by atoms with Crippen molar-refractivity contribution in [1.82, 2.24) is 20.1 Å². The molecule has 0 aliphatic carbocycles. The van der Waals surface area contributed by atoms with Crippen LogP contribution in [0.25, 0.3) is 16.9 Å². The number of pyridine rings is 1. The Kier molecular flexibility index (Phi) is 5.39. The lowest BCUT2D eigenvalue weighted by Crippen LogP contribution is -2.26. The molecule has 0 bridgehead atoms. The van der Waals surface area contributed by atoms with Crippen LogP contribution in [-0.2, 0) is 6.54 Å². The maximum atomic E-state index is 14.4. The lowest BCUT2D eigenvalue weighted by molar-refractivity contribution is 0.0942. The van der Waals surface area contributed by atoms with Gasteiger partial charge >= 0.3 is 0 Å². The van der Waals surface area contributed by atoms with Gasteiger partial charge in [-0.1, -0.05) is 30.3 Å². The molecule has 5 nitrogen and oxygen atoms in total. The standard InChI is InChI=1S/C24H21FN4O/c1-16-10-11-17(2)22(13-16)29-23(24(30)27-15-18-7-5-6-12-26-18)14-21(28-29)19-8-3-4-9-20(19)25/h3-14H,15H2,1-2H3,(H,27,30). The van der Waals surface area contributed by atoms with E-state index in [0.717, 1.165) is 22.5 Å². The van der Waals surface area contributed by atoms with Crippen LogP contribution in [0.15, 0.2) is 72.9 Å². The van der Waals surface area contributed by atoms with Crippen LogP contribution >= 0.6 is 0 Å². The van der Waals surface area contributed by atoms with E-state index in [-0.39, 0.29) is 18.3 Å². The van der Waals surface area contributed by atoms with Crippen LogP contribution in [0.2, 0.25) is 0 Å². The number of nitrogens with one attached hydrogen (secondary N) is 1. The molecule has 6 heteroatoms. The van der Waals surface area contributed by atoms with Gasteiger partial charge in [0.05, 0.1) is 23.6 Å². The second-order valence-electron chi connectivity index (χ2n) is 7.10. The molecule has 2 heterocycles. The molecule has 1 N–H and O–H groups in total. The number of carbonyl (C=O) groups is 1. The van der Waals surface area contributed by atoms with Crippen molar-refractivity contribution in [3.8, 4) is 16.9 Å². The predicted molar refractivity (Wildman–Crippen MR) is 114 cm³/mol. The third-order valence-electron chi connectivity index (χ3n) is 4.84. The predicted octanol–water partition coefficient (Wildman–Crippen LogP) is 4.62.